The fraction of sp³-hybridized carbons (Fsp3) is 0.789. The third-order valence-electron chi connectivity index (χ3n) is 6.48. The zero-order valence-electron chi connectivity index (χ0n) is 16.2. The van der Waals surface area contributed by atoms with Crippen molar-refractivity contribution in [2.45, 2.75) is 76.8 Å². The minimum Gasteiger partial charge on any atom is -0.335 e. The lowest BCUT2D eigenvalue weighted by Crippen LogP contribution is -2.54. The van der Waals surface area contributed by atoms with E-state index in [1.165, 1.54) is 0 Å². The molecule has 0 aromatic heterocycles. The summed E-state index contributed by atoms with van der Waals surface area (Å²) in [5, 5.41) is 7.90. The van der Waals surface area contributed by atoms with Crippen molar-refractivity contribution in [1.29, 1.82) is 0 Å². The van der Waals surface area contributed by atoms with Gasteiger partial charge in [0.25, 0.3) is 5.91 Å². The molecule has 0 radical (unpaired) electrons. The molecule has 6 amide bonds. The molecule has 3 aliphatic rings. The molecule has 2 saturated carbocycles. The van der Waals surface area contributed by atoms with Crippen LogP contribution in [-0.4, -0.2) is 46.9 Å². The van der Waals surface area contributed by atoms with Crippen molar-refractivity contribution in [3.05, 3.63) is 0 Å². The van der Waals surface area contributed by atoms with Crippen molar-refractivity contribution in [3.63, 3.8) is 0 Å². The quantitative estimate of drug-likeness (QED) is 0.652. The van der Waals surface area contributed by atoms with Crippen LogP contribution in [0.3, 0.4) is 0 Å². The predicted molar refractivity (Wildman–Crippen MR) is 98.7 cm³/mol. The fourth-order valence-electron chi connectivity index (χ4n) is 4.68. The Balaban J connectivity index is 1.55. The molecule has 8 nitrogen and oxygen atoms in total. The second-order valence-corrected chi connectivity index (χ2v) is 8.33. The molecule has 0 aromatic carbocycles. The highest BCUT2D eigenvalue weighted by Gasteiger charge is 2.55. The molecule has 1 aliphatic heterocycles. The molecule has 1 heterocycles. The van der Waals surface area contributed by atoms with Gasteiger partial charge in [0, 0.05) is 6.04 Å². The molecule has 2 aliphatic carbocycles. The smallest absolute Gasteiger partial charge is 0.325 e. The Bertz CT molecular complexity index is 637. The van der Waals surface area contributed by atoms with E-state index in [1.54, 1.807) is 0 Å². The molecule has 3 fully saturated rings. The minimum atomic E-state index is -0.893. The molecule has 8 heteroatoms. The molecule has 0 aromatic rings. The number of carbonyl (C=O) groups excluding carboxylic acids is 4. The first-order chi connectivity index (χ1) is 12.8. The molecular weight excluding hydrogens is 348 g/mol. The number of urea groups is 2. The van der Waals surface area contributed by atoms with Gasteiger partial charge in [0.15, 0.2) is 0 Å². The van der Waals surface area contributed by atoms with Crippen LogP contribution in [0.4, 0.5) is 9.59 Å². The SMILES string of the molecule is CC1CCCCC1NC(=O)NC(=O)CN1C(=O)NC2(CCCCC2C)C1=O. The Morgan fingerprint density at radius 3 is 2.52 bits per heavy atom. The summed E-state index contributed by atoms with van der Waals surface area (Å²) in [4.78, 5) is 50.4. The third-order valence-corrected chi connectivity index (χ3v) is 6.48. The average Bonchev–Trinajstić information content (AvgIpc) is 2.84. The molecular formula is C19H30N4O4. The molecule has 1 saturated heterocycles. The number of carbonyl (C=O) groups is 4. The number of rotatable bonds is 3. The molecule has 3 rings (SSSR count). The molecule has 0 bridgehead atoms. The van der Waals surface area contributed by atoms with Gasteiger partial charge in [-0.05, 0) is 37.5 Å². The lowest BCUT2D eigenvalue weighted by atomic mass is 9.73. The monoisotopic (exact) mass is 378 g/mol. The lowest BCUT2D eigenvalue weighted by molar-refractivity contribution is -0.137. The van der Waals surface area contributed by atoms with Crippen molar-refractivity contribution in [1.82, 2.24) is 20.9 Å². The summed E-state index contributed by atoms with van der Waals surface area (Å²) in [5.41, 5.74) is -0.893. The summed E-state index contributed by atoms with van der Waals surface area (Å²) in [6.45, 7) is 3.61. The Morgan fingerprint density at radius 1 is 1.11 bits per heavy atom. The van der Waals surface area contributed by atoms with Gasteiger partial charge in [-0.3, -0.25) is 19.8 Å². The van der Waals surface area contributed by atoms with Gasteiger partial charge in [0.1, 0.15) is 12.1 Å². The van der Waals surface area contributed by atoms with Gasteiger partial charge in [0.2, 0.25) is 5.91 Å². The number of hydrogen-bond acceptors (Lipinski definition) is 4. The Kier molecular flexibility index (Phi) is 5.72. The summed E-state index contributed by atoms with van der Waals surface area (Å²) >= 11 is 0. The fourth-order valence-corrected chi connectivity index (χ4v) is 4.68. The largest absolute Gasteiger partial charge is 0.335 e. The van der Waals surface area contributed by atoms with Crippen molar-refractivity contribution >= 4 is 23.9 Å². The molecule has 4 unspecified atom stereocenters. The third kappa shape index (κ3) is 3.94. The number of imide groups is 2. The van der Waals surface area contributed by atoms with E-state index in [0.29, 0.717) is 12.3 Å². The second-order valence-electron chi connectivity index (χ2n) is 8.33. The first-order valence-corrected chi connectivity index (χ1v) is 10.1. The highest BCUT2D eigenvalue weighted by Crippen LogP contribution is 2.38. The van der Waals surface area contributed by atoms with Gasteiger partial charge >= 0.3 is 12.1 Å². The topological polar surface area (TPSA) is 108 Å². The van der Waals surface area contributed by atoms with Crippen LogP contribution in [-0.2, 0) is 9.59 Å². The van der Waals surface area contributed by atoms with E-state index in [-0.39, 0.29) is 17.9 Å². The maximum absolute atomic E-state index is 12.8. The van der Waals surface area contributed by atoms with Gasteiger partial charge < -0.3 is 10.6 Å². The van der Waals surface area contributed by atoms with Crippen molar-refractivity contribution < 1.29 is 19.2 Å². The van der Waals surface area contributed by atoms with Crippen molar-refractivity contribution in [2.24, 2.45) is 11.8 Å². The first kappa shape index (κ1) is 19.6. The molecule has 27 heavy (non-hydrogen) atoms. The molecule has 4 atom stereocenters. The van der Waals surface area contributed by atoms with Crippen LogP contribution >= 0.6 is 0 Å². The standard InChI is InChI=1S/C19H30N4O4/c1-12-7-3-4-9-14(12)20-17(26)21-15(24)11-23-16(25)19(22-18(23)27)10-6-5-8-13(19)2/h12-14H,3-11H2,1-2H3,(H,22,27)(H2,20,21,24,26). The van der Waals surface area contributed by atoms with Crippen LogP contribution in [0, 0.1) is 11.8 Å². The summed E-state index contributed by atoms with van der Waals surface area (Å²) in [6, 6.07) is -1.06. The van der Waals surface area contributed by atoms with Gasteiger partial charge in [-0.25, -0.2) is 9.59 Å². The van der Waals surface area contributed by atoms with E-state index < -0.39 is 30.1 Å². The minimum absolute atomic E-state index is 0.0341. The van der Waals surface area contributed by atoms with Crippen LogP contribution in [0.1, 0.15) is 65.2 Å². The summed E-state index contributed by atoms with van der Waals surface area (Å²) in [7, 11) is 0. The van der Waals surface area contributed by atoms with E-state index in [2.05, 4.69) is 22.9 Å². The van der Waals surface area contributed by atoms with E-state index in [1.807, 2.05) is 6.92 Å². The van der Waals surface area contributed by atoms with Gasteiger partial charge in [-0.15, -0.1) is 0 Å². The lowest BCUT2D eigenvalue weighted by Gasteiger charge is -2.36. The zero-order valence-corrected chi connectivity index (χ0v) is 16.2. The van der Waals surface area contributed by atoms with Gasteiger partial charge in [0.05, 0.1) is 0 Å². The molecule has 150 valence electrons. The highest BCUT2D eigenvalue weighted by molar-refractivity contribution is 6.10. The predicted octanol–water partition coefficient (Wildman–Crippen LogP) is 1.89. The molecule has 3 N–H and O–H groups in total. The van der Waals surface area contributed by atoms with Crippen LogP contribution in [0.25, 0.3) is 0 Å². The number of amides is 6. The Labute approximate surface area is 159 Å². The number of nitrogens with one attached hydrogen (secondary N) is 3. The van der Waals surface area contributed by atoms with E-state index >= 15 is 0 Å². The summed E-state index contributed by atoms with van der Waals surface area (Å²) in [6.07, 6.45) is 7.55. The maximum Gasteiger partial charge on any atom is 0.325 e. The van der Waals surface area contributed by atoms with Crippen LogP contribution in [0.5, 0.6) is 0 Å². The Morgan fingerprint density at radius 2 is 1.81 bits per heavy atom. The first-order valence-electron chi connectivity index (χ1n) is 10.1. The molecule has 1 spiro atoms. The summed E-state index contributed by atoms with van der Waals surface area (Å²) in [5.74, 6) is -0.596. The van der Waals surface area contributed by atoms with Crippen molar-refractivity contribution in [3.8, 4) is 0 Å². The zero-order chi connectivity index (χ0) is 19.6. The normalized spacial score (nSPS) is 33.7. The number of hydrogen-bond donors (Lipinski definition) is 3. The van der Waals surface area contributed by atoms with Crippen LogP contribution in [0.15, 0.2) is 0 Å². The summed E-state index contributed by atoms with van der Waals surface area (Å²) < 4.78 is 0. The maximum atomic E-state index is 12.8. The highest BCUT2D eigenvalue weighted by atomic mass is 16.2. The Hall–Kier alpha value is -2.12. The van der Waals surface area contributed by atoms with E-state index in [9.17, 15) is 19.2 Å². The second kappa shape index (κ2) is 7.86. The van der Waals surface area contributed by atoms with Crippen LogP contribution in [0.2, 0.25) is 0 Å². The van der Waals surface area contributed by atoms with Gasteiger partial charge in [-0.2, -0.15) is 0 Å². The van der Waals surface area contributed by atoms with Crippen molar-refractivity contribution in [2.75, 3.05) is 6.54 Å². The van der Waals surface area contributed by atoms with Gasteiger partial charge in [-0.1, -0.05) is 39.5 Å². The van der Waals surface area contributed by atoms with Crippen LogP contribution < -0.4 is 16.0 Å². The van der Waals surface area contributed by atoms with E-state index in [4.69, 9.17) is 0 Å². The average molecular weight is 378 g/mol. The number of nitrogens with zero attached hydrogens (tertiary/aromatic N) is 1. The van der Waals surface area contributed by atoms with E-state index in [0.717, 1.165) is 49.8 Å².